The Bertz CT molecular complexity index is 380. The van der Waals surface area contributed by atoms with E-state index in [1.54, 1.807) is 0 Å². The van der Waals surface area contributed by atoms with Crippen LogP contribution in [0, 0.1) is 5.92 Å². The zero-order chi connectivity index (χ0) is 12.3. The highest BCUT2D eigenvalue weighted by atomic mass is 32.2. The SMILES string of the molecule is O=C1CC(NCC2CCS(=O)(=O)C2)CCCN1. The molecule has 2 unspecified atom stereocenters. The zero-order valence-corrected chi connectivity index (χ0v) is 10.8. The van der Waals surface area contributed by atoms with Crippen LogP contribution in [-0.2, 0) is 14.6 Å². The van der Waals surface area contributed by atoms with Gasteiger partial charge >= 0.3 is 0 Å². The van der Waals surface area contributed by atoms with E-state index in [9.17, 15) is 13.2 Å². The first-order valence-electron chi connectivity index (χ1n) is 6.26. The highest BCUT2D eigenvalue weighted by Gasteiger charge is 2.28. The summed E-state index contributed by atoms with van der Waals surface area (Å²) in [6.07, 6.45) is 3.25. The Morgan fingerprint density at radius 1 is 1.35 bits per heavy atom. The topological polar surface area (TPSA) is 75.3 Å². The van der Waals surface area contributed by atoms with Crippen LogP contribution in [0.2, 0.25) is 0 Å². The number of nitrogens with one attached hydrogen (secondary N) is 2. The molecule has 98 valence electrons. The second-order valence-corrected chi connectivity index (χ2v) is 7.30. The van der Waals surface area contributed by atoms with Crippen molar-refractivity contribution in [1.82, 2.24) is 10.6 Å². The number of hydrogen-bond donors (Lipinski definition) is 2. The third kappa shape index (κ3) is 3.96. The Morgan fingerprint density at radius 2 is 2.18 bits per heavy atom. The number of carbonyl (C=O) groups excluding carboxylic acids is 1. The Balaban J connectivity index is 1.76. The van der Waals surface area contributed by atoms with Crippen LogP contribution in [0.3, 0.4) is 0 Å². The van der Waals surface area contributed by atoms with Gasteiger partial charge in [-0.3, -0.25) is 4.79 Å². The fourth-order valence-corrected chi connectivity index (χ4v) is 4.38. The van der Waals surface area contributed by atoms with Gasteiger partial charge in [0.1, 0.15) is 0 Å². The van der Waals surface area contributed by atoms with Crippen molar-refractivity contribution in [3.8, 4) is 0 Å². The monoisotopic (exact) mass is 260 g/mol. The molecule has 5 nitrogen and oxygen atoms in total. The fraction of sp³-hybridized carbons (Fsp3) is 0.909. The second-order valence-electron chi connectivity index (χ2n) is 5.07. The van der Waals surface area contributed by atoms with Gasteiger partial charge in [-0.2, -0.15) is 0 Å². The first-order chi connectivity index (χ1) is 8.05. The van der Waals surface area contributed by atoms with Crippen LogP contribution in [0.5, 0.6) is 0 Å². The lowest BCUT2D eigenvalue weighted by Gasteiger charge is -2.17. The van der Waals surface area contributed by atoms with E-state index in [2.05, 4.69) is 10.6 Å². The van der Waals surface area contributed by atoms with Gasteiger partial charge < -0.3 is 10.6 Å². The molecule has 17 heavy (non-hydrogen) atoms. The summed E-state index contributed by atoms with van der Waals surface area (Å²) in [5.41, 5.74) is 0. The maximum absolute atomic E-state index is 11.3. The summed E-state index contributed by atoms with van der Waals surface area (Å²) in [7, 11) is -2.79. The van der Waals surface area contributed by atoms with Gasteiger partial charge in [0.15, 0.2) is 9.84 Å². The molecule has 2 aliphatic heterocycles. The molecule has 0 bridgehead atoms. The van der Waals surface area contributed by atoms with Gasteiger partial charge in [0.05, 0.1) is 11.5 Å². The third-order valence-corrected chi connectivity index (χ3v) is 5.34. The molecule has 0 aromatic carbocycles. The van der Waals surface area contributed by atoms with E-state index in [1.165, 1.54) is 0 Å². The molecular formula is C11H20N2O3S. The van der Waals surface area contributed by atoms with Crippen molar-refractivity contribution >= 4 is 15.7 Å². The van der Waals surface area contributed by atoms with Crippen LogP contribution in [0.15, 0.2) is 0 Å². The van der Waals surface area contributed by atoms with Crippen LogP contribution < -0.4 is 10.6 Å². The first-order valence-corrected chi connectivity index (χ1v) is 8.08. The highest BCUT2D eigenvalue weighted by molar-refractivity contribution is 7.91. The summed E-state index contributed by atoms with van der Waals surface area (Å²) in [6, 6.07) is 0.209. The summed E-state index contributed by atoms with van der Waals surface area (Å²) in [6.45, 7) is 1.48. The average molecular weight is 260 g/mol. The lowest BCUT2D eigenvalue weighted by Crippen LogP contribution is -2.36. The predicted octanol–water partition coefficient (Wildman–Crippen LogP) is -0.321. The van der Waals surface area contributed by atoms with Gasteiger partial charge in [-0.25, -0.2) is 8.42 Å². The largest absolute Gasteiger partial charge is 0.356 e. The molecule has 6 heteroatoms. The van der Waals surface area contributed by atoms with E-state index in [0.717, 1.165) is 32.4 Å². The quantitative estimate of drug-likeness (QED) is 0.729. The molecule has 0 saturated carbocycles. The lowest BCUT2D eigenvalue weighted by atomic mass is 10.1. The number of carbonyl (C=O) groups is 1. The first kappa shape index (κ1) is 12.8. The van der Waals surface area contributed by atoms with Crippen molar-refractivity contribution in [2.75, 3.05) is 24.6 Å². The highest BCUT2D eigenvalue weighted by Crippen LogP contribution is 2.18. The molecule has 1 amide bonds. The van der Waals surface area contributed by atoms with Gasteiger partial charge in [0, 0.05) is 19.0 Å². The maximum Gasteiger partial charge on any atom is 0.221 e. The van der Waals surface area contributed by atoms with E-state index < -0.39 is 9.84 Å². The van der Waals surface area contributed by atoms with E-state index in [-0.39, 0.29) is 17.9 Å². The summed E-state index contributed by atoms with van der Waals surface area (Å²) < 4.78 is 22.6. The summed E-state index contributed by atoms with van der Waals surface area (Å²) in [5.74, 6) is 0.953. The molecular weight excluding hydrogens is 240 g/mol. The van der Waals surface area contributed by atoms with Crippen LogP contribution in [-0.4, -0.2) is 45.0 Å². The van der Waals surface area contributed by atoms with Crippen molar-refractivity contribution in [2.45, 2.75) is 31.7 Å². The third-order valence-electron chi connectivity index (χ3n) is 3.51. The Morgan fingerprint density at radius 3 is 2.88 bits per heavy atom. The second kappa shape index (κ2) is 5.35. The summed E-state index contributed by atoms with van der Waals surface area (Å²) in [5, 5.41) is 6.19. The molecule has 2 saturated heterocycles. The van der Waals surface area contributed by atoms with E-state index in [1.807, 2.05) is 0 Å². The van der Waals surface area contributed by atoms with Gasteiger partial charge in [0.2, 0.25) is 5.91 Å². The summed E-state index contributed by atoms with van der Waals surface area (Å²) in [4.78, 5) is 11.3. The summed E-state index contributed by atoms with van der Waals surface area (Å²) >= 11 is 0. The fourth-order valence-electron chi connectivity index (χ4n) is 2.51. The van der Waals surface area contributed by atoms with Crippen LogP contribution in [0.1, 0.15) is 25.7 Å². The molecule has 2 rings (SSSR count). The smallest absolute Gasteiger partial charge is 0.221 e. The minimum absolute atomic E-state index is 0.0963. The minimum atomic E-state index is -2.79. The molecule has 2 atom stereocenters. The van der Waals surface area contributed by atoms with E-state index in [0.29, 0.717) is 17.9 Å². The molecule has 0 aromatic rings. The van der Waals surface area contributed by atoms with E-state index in [4.69, 9.17) is 0 Å². The van der Waals surface area contributed by atoms with Crippen LogP contribution in [0.4, 0.5) is 0 Å². The van der Waals surface area contributed by atoms with Gasteiger partial charge in [-0.05, 0) is 31.7 Å². The molecule has 0 spiro atoms. The lowest BCUT2D eigenvalue weighted by molar-refractivity contribution is -0.121. The van der Waals surface area contributed by atoms with Gasteiger partial charge in [-0.1, -0.05) is 0 Å². The van der Waals surface area contributed by atoms with Crippen molar-refractivity contribution in [3.63, 3.8) is 0 Å². The molecule has 2 aliphatic rings. The molecule has 0 aromatic heterocycles. The molecule has 0 radical (unpaired) electrons. The number of rotatable bonds is 3. The van der Waals surface area contributed by atoms with Crippen molar-refractivity contribution in [3.05, 3.63) is 0 Å². The molecule has 0 aliphatic carbocycles. The van der Waals surface area contributed by atoms with E-state index >= 15 is 0 Å². The number of hydrogen-bond acceptors (Lipinski definition) is 4. The van der Waals surface area contributed by atoms with Gasteiger partial charge in [-0.15, -0.1) is 0 Å². The minimum Gasteiger partial charge on any atom is -0.356 e. The predicted molar refractivity (Wildman–Crippen MR) is 65.4 cm³/mol. The number of amides is 1. The normalized spacial score (nSPS) is 33.1. The Labute approximate surface area is 102 Å². The van der Waals surface area contributed by atoms with Crippen molar-refractivity contribution < 1.29 is 13.2 Å². The Hall–Kier alpha value is -0.620. The van der Waals surface area contributed by atoms with Gasteiger partial charge in [0.25, 0.3) is 0 Å². The average Bonchev–Trinajstić information content (AvgIpc) is 2.46. The molecule has 2 N–H and O–H groups in total. The standard InChI is InChI=1S/C11H20N2O3S/c14-11-6-10(2-1-4-12-11)13-7-9-3-5-17(15,16)8-9/h9-10,13H,1-8H2,(H,12,14). The molecule has 2 fully saturated rings. The van der Waals surface area contributed by atoms with Crippen LogP contribution in [0.25, 0.3) is 0 Å². The number of sulfone groups is 1. The molecule has 2 heterocycles. The van der Waals surface area contributed by atoms with Crippen molar-refractivity contribution in [1.29, 1.82) is 0 Å². The van der Waals surface area contributed by atoms with Crippen molar-refractivity contribution in [2.24, 2.45) is 5.92 Å². The zero-order valence-electron chi connectivity index (χ0n) is 9.94. The maximum atomic E-state index is 11.3. The Kier molecular flexibility index (Phi) is 4.04. The van der Waals surface area contributed by atoms with Crippen LogP contribution >= 0.6 is 0 Å².